The Bertz CT molecular complexity index is 708. The van der Waals surface area contributed by atoms with Gasteiger partial charge in [0.15, 0.2) is 11.5 Å². The number of methoxy groups -OCH3 is 2. The first-order chi connectivity index (χ1) is 10.6. The fourth-order valence-corrected chi connectivity index (χ4v) is 2.70. The largest absolute Gasteiger partial charge is 0.493 e. The van der Waals surface area contributed by atoms with Gasteiger partial charge in [0.05, 0.1) is 24.3 Å². The highest BCUT2D eigenvalue weighted by Gasteiger charge is 2.13. The number of carboxylic acids is 1. The molecule has 0 saturated carbocycles. The van der Waals surface area contributed by atoms with Crippen LogP contribution in [0.4, 0.5) is 0 Å². The van der Waals surface area contributed by atoms with Crippen molar-refractivity contribution in [1.29, 1.82) is 0 Å². The molecule has 2 aromatic rings. The summed E-state index contributed by atoms with van der Waals surface area (Å²) in [5, 5.41) is 9.45. The Balaban J connectivity index is 2.54. The van der Waals surface area contributed by atoms with Crippen molar-refractivity contribution >= 4 is 33.5 Å². The third kappa shape index (κ3) is 3.49. The van der Waals surface area contributed by atoms with Crippen molar-refractivity contribution in [1.82, 2.24) is 0 Å². The van der Waals surface area contributed by atoms with Crippen molar-refractivity contribution in [3.63, 3.8) is 0 Å². The van der Waals surface area contributed by atoms with Crippen LogP contribution in [-0.4, -0.2) is 25.3 Å². The summed E-state index contributed by atoms with van der Waals surface area (Å²) in [4.78, 5) is 11.5. The van der Waals surface area contributed by atoms with Crippen LogP contribution in [0.25, 0.3) is 11.6 Å². The zero-order valence-corrected chi connectivity index (χ0v) is 13.8. The van der Waals surface area contributed by atoms with Crippen molar-refractivity contribution in [3.8, 4) is 11.5 Å². The highest BCUT2D eigenvalue weighted by atomic mass is 79.9. The van der Waals surface area contributed by atoms with E-state index in [0.717, 1.165) is 0 Å². The van der Waals surface area contributed by atoms with E-state index >= 15 is 0 Å². The van der Waals surface area contributed by atoms with Gasteiger partial charge in [-0.05, 0) is 45.3 Å². The first kappa shape index (κ1) is 16.1. The second-order valence-electron chi connectivity index (χ2n) is 4.47. The van der Waals surface area contributed by atoms with Gasteiger partial charge < -0.3 is 14.6 Å². The van der Waals surface area contributed by atoms with Gasteiger partial charge in [-0.1, -0.05) is 30.3 Å². The maximum atomic E-state index is 11.5. The molecule has 0 aliphatic heterocycles. The zero-order valence-electron chi connectivity index (χ0n) is 12.2. The van der Waals surface area contributed by atoms with Crippen molar-refractivity contribution in [2.75, 3.05) is 14.2 Å². The van der Waals surface area contributed by atoms with Crippen LogP contribution in [0.1, 0.15) is 11.1 Å². The Labute approximate surface area is 137 Å². The second-order valence-corrected chi connectivity index (χ2v) is 5.32. The van der Waals surface area contributed by atoms with Gasteiger partial charge in [-0.2, -0.15) is 0 Å². The fraction of sp³-hybridized carbons (Fsp3) is 0.118. The SMILES string of the molecule is COc1cc(/C=C(/C(=O)O)c2ccccc2)cc(Br)c1OC. The highest BCUT2D eigenvalue weighted by Crippen LogP contribution is 2.37. The van der Waals surface area contributed by atoms with Crippen molar-refractivity contribution < 1.29 is 19.4 Å². The third-order valence-corrected chi connectivity index (χ3v) is 3.67. The van der Waals surface area contributed by atoms with Gasteiger partial charge in [0.2, 0.25) is 0 Å². The van der Waals surface area contributed by atoms with E-state index in [1.807, 2.05) is 6.07 Å². The molecule has 0 unspecified atom stereocenters. The van der Waals surface area contributed by atoms with E-state index in [1.165, 1.54) is 7.11 Å². The number of benzene rings is 2. The number of carbonyl (C=O) groups is 1. The monoisotopic (exact) mass is 362 g/mol. The lowest BCUT2D eigenvalue weighted by molar-refractivity contribution is -0.130. The van der Waals surface area contributed by atoms with Crippen molar-refractivity contribution in [2.45, 2.75) is 0 Å². The molecule has 0 radical (unpaired) electrons. The molecule has 0 aliphatic rings. The first-order valence-electron chi connectivity index (χ1n) is 6.48. The van der Waals surface area contributed by atoms with E-state index in [-0.39, 0.29) is 5.57 Å². The maximum absolute atomic E-state index is 11.5. The van der Waals surface area contributed by atoms with Crippen LogP contribution in [0.2, 0.25) is 0 Å². The van der Waals surface area contributed by atoms with E-state index in [9.17, 15) is 9.90 Å². The molecule has 0 atom stereocenters. The van der Waals surface area contributed by atoms with E-state index in [4.69, 9.17) is 9.47 Å². The summed E-state index contributed by atoms with van der Waals surface area (Å²) in [5.74, 6) is 0.106. The molecule has 5 heteroatoms. The third-order valence-electron chi connectivity index (χ3n) is 3.08. The van der Waals surface area contributed by atoms with Gasteiger partial charge in [-0.3, -0.25) is 0 Å². The van der Waals surface area contributed by atoms with Gasteiger partial charge in [0, 0.05) is 0 Å². The molecule has 0 aromatic heterocycles. The number of carboxylic acid groups (broad SMARTS) is 1. The minimum Gasteiger partial charge on any atom is -0.493 e. The molecular formula is C17H15BrO4. The lowest BCUT2D eigenvalue weighted by Crippen LogP contribution is -1.99. The summed E-state index contributed by atoms with van der Waals surface area (Å²) in [7, 11) is 3.08. The van der Waals surface area contributed by atoms with Crippen LogP contribution in [0.5, 0.6) is 11.5 Å². The van der Waals surface area contributed by atoms with Crippen LogP contribution in [-0.2, 0) is 4.79 Å². The standard InChI is InChI=1S/C17H15BrO4/c1-21-15-10-11(9-14(18)16(15)22-2)8-13(17(19)20)12-6-4-3-5-7-12/h3-10H,1-2H3,(H,19,20)/b13-8+. The molecule has 0 heterocycles. The quantitative estimate of drug-likeness (QED) is 0.642. The van der Waals surface area contributed by atoms with Gasteiger partial charge in [0.1, 0.15) is 0 Å². The van der Waals surface area contributed by atoms with E-state index < -0.39 is 5.97 Å². The number of ether oxygens (including phenoxy) is 2. The van der Waals surface area contributed by atoms with Crippen LogP contribution in [0.3, 0.4) is 0 Å². The molecule has 22 heavy (non-hydrogen) atoms. The molecule has 0 spiro atoms. The molecule has 0 saturated heterocycles. The summed E-state index contributed by atoms with van der Waals surface area (Å²) in [6.45, 7) is 0. The Morgan fingerprint density at radius 3 is 2.36 bits per heavy atom. The molecule has 0 fully saturated rings. The zero-order chi connectivity index (χ0) is 16.1. The molecule has 1 N–H and O–H groups in total. The normalized spacial score (nSPS) is 11.1. The molecule has 114 valence electrons. The summed E-state index contributed by atoms with van der Waals surface area (Å²) in [6, 6.07) is 12.5. The number of rotatable bonds is 5. The van der Waals surface area contributed by atoms with Crippen molar-refractivity contribution in [3.05, 3.63) is 58.1 Å². The number of aliphatic carboxylic acids is 1. The van der Waals surface area contributed by atoms with Crippen LogP contribution in [0.15, 0.2) is 46.9 Å². The van der Waals surface area contributed by atoms with Gasteiger partial charge in [0.25, 0.3) is 0 Å². The predicted octanol–water partition coefficient (Wildman–Crippen LogP) is 4.09. The average molecular weight is 363 g/mol. The van der Waals surface area contributed by atoms with Gasteiger partial charge in [-0.25, -0.2) is 4.79 Å². The molecule has 2 rings (SSSR count). The molecule has 2 aromatic carbocycles. The lowest BCUT2D eigenvalue weighted by Gasteiger charge is -2.11. The summed E-state index contributed by atoms with van der Waals surface area (Å²) >= 11 is 3.40. The minimum atomic E-state index is -0.989. The topological polar surface area (TPSA) is 55.8 Å². The number of halogens is 1. The van der Waals surface area contributed by atoms with E-state index in [2.05, 4.69) is 15.9 Å². The molecule has 0 bridgehead atoms. The number of hydrogen-bond acceptors (Lipinski definition) is 3. The van der Waals surface area contributed by atoms with Crippen molar-refractivity contribution in [2.24, 2.45) is 0 Å². The van der Waals surface area contributed by atoms with E-state index in [1.54, 1.807) is 49.6 Å². The second kappa shape index (κ2) is 7.13. The lowest BCUT2D eigenvalue weighted by atomic mass is 10.0. The smallest absolute Gasteiger partial charge is 0.336 e. The predicted molar refractivity (Wildman–Crippen MR) is 89.2 cm³/mol. The molecule has 0 aliphatic carbocycles. The van der Waals surface area contributed by atoms with Crippen LogP contribution in [0, 0.1) is 0 Å². The van der Waals surface area contributed by atoms with Crippen LogP contribution < -0.4 is 9.47 Å². The Morgan fingerprint density at radius 1 is 1.14 bits per heavy atom. The molecule has 0 amide bonds. The Morgan fingerprint density at radius 2 is 1.82 bits per heavy atom. The van der Waals surface area contributed by atoms with Gasteiger partial charge >= 0.3 is 5.97 Å². The summed E-state index contributed by atoms with van der Waals surface area (Å²) in [5.41, 5.74) is 1.55. The highest BCUT2D eigenvalue weighted by molar-refractivity contribution is 9.10. The molecule has 4 nitrogen and oxygen atoms in total. The minimum absolute atomic E-state index is 0.208. The Kier molecular flexibility index (Phi) is 5.22. The first-order valence-corrected chi connectivity index (χ1v) is 7.28. The average Bonchev–Trinajstić information content (AvgIpc) is 2.52. The maximum Gasteiger partial charge on any atom is 0.336 e. The fourth-order valence-electron chi connectivity index (χ4n) is 2.07. The van der Waals surface area contributed by atoms with Crippen LogP contribution >= 0.6 is 15.9 Å². The van der Waals surface area contributed by atoms with E-state index in [0.29, 0.717) is 27.1 Å². The summed E-state index contributed by atoms with van der Waals surface area (Å²) < 4.78 is 11.2. The Hall–Kier alpha value is -2.27. The number of hydrogen-bond donors (Lipinski definition) is 1. The summed E-state index contributed by atoms with van der Waals surface area (Å²) in [6.07, 6.45) is 1.60. The van der Waals surface area contributed by atoms with Gasteiger partial charge in [-0.15, -0.1) is 0 Å². The molecular weight excluding hydrogens is 348 g/mol.